The first kappa shape index (κ1) is 11.1. The Balaban J connectivity index is 2.62. The van der Waals surface area contributed by atoms with Crippen molar-refractivity contribution < 1.29 is 4.92 Å². The molecule has 0 aliphatic heterocycles. The maximum Gasteiger partial charge on any atom is 0.328 e. The van der Waals surface area contributed by atoms with Gasteiger partial charge in [-0.25, -0.2) is 4.79 Å². The van der Waals surface area contributed by atoms with E-state index in [0.717, 1.165) is 17.2 Å². The molecule has 1 aromatic carbocycles. The summed E-state index contributed by atoms with van der Waals surface area (Å²) in [5.74, 6) is 0. The first-order valence-corrected chi connectivity index (χ1v) is 4.98. The van der Waals surface area contributed by atoms with Crippen LogP contribution in [0.3, 0.4) is 0 Å². The number of aromatic nitrogens is 2. The molecule has 0 unspecified atom stereocenters. The largest absolute Gasteiger partial charge is 0.328 e. The third-order valence-corrected chi connectivity index (χ3v) is 2.68. The minimum absolute atomic E-state index is 0.115. The van der Waals surface area contributed by atoms with E-state index in [-0.39, 0.29) is 5.69 Å². The van der Waals surface area contributed by atoms with Gasteiger partial charge in [-0.2, -0.15) is 0 Å². The van der Waals surface area contributed by atoms with Gasteiger partial charge >= 0.3 is 5.69 Å². The van der Waals surface area contributed by atoms with Crippen LogP contribution in [-0.4, -0.2) is 14.1 Å². The summed E-state index contributed by atoms with van der Waals surface area (Å²) in [5.41, 5.74) is 2.13. The minimum atomic E-state index is -0.520. The SMILES string of the molecule is Cn1c(=O)n(C)c2cc(C=C[N+](=O)[O-])ccc21. The zero-order valence-corrected chi connectivity index (χ0v) is 9.45. The highest BCUT2D eigenvalue weighted by atomic mass is 16.6. The van der Waals surface area contributed by atoms with Crippen molar-refractivity contribution in [3.05, 3.63) is 50.6 Å². The van der Waals surface area contributed by atoms with Gasteiger partial charge in [0.15, 0.2) is 0 Å². The molecule has 0 radical (unpaired) electrons. The second-order valence-corrected chi connectivity index (χ2v) is 3.75. The van der Waals surface area contributed by atoms with E-state index >= 15 is 0 Å². The molecule has 0 spiro atoms. The predicted octanol–water partition coefficient (Wildman–Crippen LogP) is 1.12. The number of hydrogen-bond donors (Lipinski definition) is 0. The summed E-state index contributed by atoms with van der Waals surface area (Å²) in [5, 5.41) is 10.2. The predicted molar refractivity (Wildman–Crippen MR) is 64.2 cm³/mol. The highest BCUT2D eigenvalue weighted by Gasteiger charge is 2.07. The molecule has 0 atom stereocenters. The van der Waals surface area contributed by atoms with Gasteiger partial charge in [-0.3, -0.25) is 19.2 Å². The lowest BCUT2D eigenvalue weighted by molar-refractivity contribution is -0.400. The number of rotatable bonds is 2. The summed E-state index contributed by atoms with van der Waals surface area (Å²) in [7, 11) is 3.36. The van der Waals surface area contributed by atoms with E-state index in [2.05, 4.69) is 0 Å². The highest BCUT2D eigenvalue weighted by molar-refractivity contribution is 5.79. The molecule has 17 heavy (non-hydrogen) atoms. The zero-order chi connectivity index (χ0) is 12.6. The molecule has 0 fully saturated rings. The first-order valence-electron chi connectivity index (χ1n) is 4.98. The molecule has 6 nitrogen and oxygen atoms in total. The van der Waals surface area contributed by atoms with E-state index in [1.807, 2.05) is 0 Å². The molecule has 0 saturated heterocycles. The van der Waals surface area contributed by atoms with Crippen LogP contribution in [0.4, 0.5) is 0 Å². The second kappa shape index (κ2) is 3.89. The molecule has 0 aliphatic carbocycles. The fourth-order valence-corrected chi connectivity index (χ4v) is 1.77. The lowest BCUT2D eigenvalue weighted by atomic mass is 10.2. The van der Waals surface area contributed by atoms with Gasteiger partial charge in [0, 0.05) is 20.2 Å². The van der Waals surface area contributed by atoms with Gasteiger partial charge in [-0.15, -0.1) is 0 Å². The number of imidazole rings is 1. The Bertz CT molecular complexity index is 679. The van der Waals surface area contributed by atoms with Crippen LogP contribution >= 0.6 is 0 Å². The Kier molecular flexibility index (Phi) is 2.55. The molecule has 88 valence electrons. The molecule has 0 saturated carbocycles. The number of nitro groups is 1. The third-order valence-electron chi connectivity index (χ3n) is 2.68. The normalized spacial score (nSPS) is 11.4. The Morgan fingerprint density at radius 1 is 1.24 bits per heavy atom. The lowest BCUT2D eigenvalue weighted by Gasteiger charge is -1.96. The fourth-order valence-electron chi connectivity index (χ4n) is 1.77. The number of fused-ring (bicyclic) bond motifs is 1. The van der Waals surface area contributed by atoms with Gasteiger partial charge in [0.05, 0.1) is 16.0 Å². The molecular formula is C11H11N3O3. The van der Waals surface area contributed by atoms with Crippen LogP contribution in [0.1, 0.15) is 5.56 Å². The molecule has 0 N–H and O–H groups in total. The standard InChI is InChI=1S/C11H11N3O3/c1-12-9-4-3-8(5-6-14(16)17)7-10(9)13(2)11(12)15/h3-7H,1-2H3. The van der Waals surface area contributed by atoms with Crippen molar-refractivity contribution in [3.8, 4) is 0 Å². The summed E-state index contributed by atoms with van der Waals surface area (Å²) >= 11 is 0. The number of nitrogens with zero attached hydrogens (tertiary/aromatic N) is 3. The molecule has 6 heteroatoms. The van der Waals surface area contributed by atoms with E-state index in [1.54, 1.807) is 32.3 Å². The van der Waals surface area contributed by atoms with Crippen molar-refractivity contribution in [2.75, 3.05) is 0 Å². The Morgan fingerprint density at radius 3 is 2.53 bits per heavy atom. The van der Waals surface area contributed by atoms with E-state index in [9.17, 15) is 14.9 Å². The van der Waals surface area contributed by atoms with Gasteiger partial charge in [0.25, 0.3) is 0 Å². The molecule has 2 rings (SSSR count). The first-order chi connectivity index (χ1) is 8.00. The summed E-state index contributed by atoms with van der Waals surface area (Å²) < 4.78 is 3.05. The Morgan fingerprint density at radius 2 is 1.88 bits per heavy atom. The van der Waals surface area contributed by atoms with Crippen LogP contribution in [0.5, 0.6) is 0 Å². The summed E-state index contributed by atoms with van der Waals surface area (Å²) in [6, 6.07) is 5.26. The quantitative estimate of drug-likeness (QED) is 0.576. The third kappa shape index (κ3) is 1.84. The molecule has 1 aromatic heterocycles. The van der Waals surface area contributed by atoms with Crippen molar-refractivity contribution in [1.29, 1.82) is 0 Å². The molecule has 0 aliphatic rings. The van der Waals surface area contributed by atoms with Gasteiger partial charge in [-0.05, 0) is 17.7 Å². The average molecular weight is 233 g/mol. The maximum atomic E-state index is 11.7. The monoisotopic (exact) mass is 233 g/mol. The van der Waals surface area contributed by atoms with Crippen LogP contribution in [0.25, 0.3) is 17.1 Å². The molecular weight excluding hydrogens is 222 g/mol. The smallest absolute Gasteiger partial charge is 0.295 e. The fraction of sp³-hybridized carbons (Fsp3) is 0.182. The van der Waals surface area contributed by atoms with Crippen LogP contribution in [0.2, 0.25) is 0 Å². The number of aryl methyl sites for hydroxylation is 2. The molecule has 0 bridgehead atoms. The zero-order valence-electron chi connectivity index (χ0n) is 9.45. The minimum Gasteiger partial charge on any atom is -0.295 e. The number of hydrogen-bond acceptors (Lipinski definition) is 3. The van der Waals surface area contributed by atoms with Crippen LogP contribution < -0.4 is 5.69 Å². The van der Waals surface area contributed by atoms with Gasteiger partial charge in [0.2, 0.25) is 6.20 Å². The maximum absolute atomic E-state index is 11.7. The summed E-state index contributed by atoms with van der Waals surface area (Å²) in [6.07, 6.45) is 2.28. The van der Waals surface area contributed by atoms with E-state index in [1.165, 1.54) is 15.2 Å². The Hall–Kier alpha value is -2.37. The highest BCUT2D eigenvalue weighted by Crippen LogP contribution is 2.14. The van der Waals surface area contributed by atoms with Crippen LogP contribution in [0, 0.1) is 10.1 Å². The number of benzene rings is 1. The van der Waals surface area contributed by atoms with E-state index in [0.29, 0.717) is 5.56 Å². The van der Waals surface area contributed by atoms with Crippen molar-refractivity contribution in [2.45, 2.75) is 0 Å². The summed E-state index contributed by atoms with van der Waals surface area (Å²) in [4.78, 5) is 21.4. The topological polar surface area (TPSA) is 70.1 Å². The lowest BCUT2D eigenvalue weighted by Crippen LogP contribution is -2.19. The van der Waals surface area contributed by atoms with Crippen molar-refractivity contribution in [3.63, 3.8) is 0 Å². The average Bonchev–Trinajstić information content (AvgIpc) is 2.52. The Labute approximate surface area is 96.5 Å². The van der Waals surface area contributed by atoms with E-state index in [4.69, 9.17) is 0 Å². The van der Waals surface area contributed by atoms with Gasteiger partial charge in [-0.1, -0.05) is 6.07 Å². The van der Waals surface area contributed by atoms with Crippen LogP contribution in [-0.2, 0) is 14.1 Å². The van der Waals surface area contributed by atoms with Gasteiger partial charge in [0.1, 0.15) is 0 Å². The summed E-state index contributed by atoms with van der Waals surface area (Å²) in [6.45, 7) is 0. The van der Waals surface area contributed by atoms with E-state index < -0.39 is 4.92 Å². The van der Waals surface area contributed by atoms with Crippen molar-refractivity contribution in [2.24, 2.45) is 14.1 Å². The molecule has 1 heterocycles. The van der Waals surface area contributed by atoms with Crippen LogP contribution in [0.15, 0.2) is 29.2 Å². The van der Waals surface area contributed by atoms with Gasteiger partial charge < -0.3 is 0 Å². The molecule has 0 amide bonds. The van der Waals surface area contributed by atoms with Crippen molar-refractivity contribution >= 4 is 17.1 Å². The van der Waals surface area contributed by atoms with Crippen molar-refractivity contribution in [1.82, 2.24) is 9.13 Å². The molecule has 2 aromatic rings. The second-order valence-electron chi connectivity index (χ2n) is 3.75.